The van der Waals surface area contributed by atoms with Gasteiger partial charge in [-0.2, -0.15) is 9.78 Å². The minimum Gasteiger partial charge on any atom is -0.373 e. The first-order chi connectivity index (χ1) is 12.4. The minimum absolute atomic E-state index is 0.125. The van der Waals surface area contributed by atoms with E-state index in [-0.39, 0.29) is 17.9 Å². The van der Waals surface area contributed by atoms with Crippen molar-refractivity contribution in [1.82, 2.24) is 14.7 Å². The van der Waals surface area contributed by atoms with Crippen molar-refractivity contribution in [2.24, 2.45) is 0 Å². The summed E-state index contributed by atoms with van der Waals surface area (Å²) in [7, 11) is 0. The van der Waals surface area contributed by atoms with Crippen LogP contribution in [0.1, 0.15) is 41.4 Å². The lowest BCUT2D eigenvalue weighted by Crippen LogP contribution is -2.43. The SMILES string of the molecule is CC(=O)c1ccn(C(=O)N2CCC(OCc3ccc(Cl)c(C)c3)CC2)n1. The molecule has 26 heavy (non-hydrogen) atoms. The Kier molecular flexibility index (Phi) is 5.74. The number of likely N-dealkylation sites (tertiary alicyclic amines) is 1. The molecular weight excluding hydrogens is 354 g/mol. The number of hydrogen-bond donors (Lipinski definition) is 0. The third kappa shape index (κ3) is 4.31. The topological polar surface area (TPSA) is 64.4 Å². The van der Waals surface area contributed by atoms with Gasteiger partial charge in [0, 0.05) is 31.2 Å². The summed E-state index contributed by atoms with van der Waals surface area (Å²) in [6.07, 6.45) is 3.21. The number of benzene rings is 1. The molecular formula is C19H22ClN3O3. The van der Waals surface area contributed by atoms with Crippen molar-refractivity contribution in [1.29, 1.82) is 0 Å². The fraction of sp³-hybridized carbons (Fsp3) is 0.421. The summed E-state index contributed by atoms with van der Waals surface area (Å²) in [6, 6.07) is 7.24. The second-order valence-corrected chi connectivity index (χ2v) is 6.97. The number of amides is 1. The molecule has 2 heterocycles. The van der Waals surface area contributed by atoms with Crippen LogP contribution in [0.4, 0.5) is 4.79 Å². The van der Waals surface area contributed by atoms with Gasteiger partial charge in [0.2, 0.25) is 0 Å². The largest absolute Gasteiger partial charge is 0.373 e. The van der Waals surface area contributed by atoms with Gasteiger partial charge in [0.25, 0.3) is 0 Å². The van der Waals surface area contributed by atoms with Gasteiger partial charge in [0.1, 0.15) is 5.69 Å². The standard InChI is InChI=1S/C19H22ClN3O3/c1-13-11-15(3-4-17(13)20)12-26-16-5-8-22(9-6-16)19(25)23-10-7-18(21-23)14(2)24/h3-4,7,10-11,16H,5-6,8-9,12H2,1-2H3. The first-order valence-electron chi connectivity index (χ1n) is 8.66. The van der Waals surface area contributed by atoms with Crippen LogP contribution in [0.3, 0.4) is 0 Å². The zero-order valence-corrected chi connectivity index (χ0v) is 15.7. The van der Waals surface area contributed by atoms with Crippen LogP contribution in [-0.2, 0) is 11.3 Å². The van der Waals surface area contributed by atoms with Crippen LogP contribution < -0.4 is 0 Å². The summed E-state index contributed by atoms with van der Waals surface area (Å²) >= 11 is 6.04. The smallest absolute Gasteiger partial charge is 0.344 e. The number of ketones is 1. The fourth-order valence-electron chi connectivity index (χ4n) is 2.99. The minimum atomic E-state index is -0.204. The first-order valence-corrected chi connectivity index (χ1v) is 9.04. The Labute approximate surface area is 157 Å². The van der Waals surface area contributed by atoms with Gasteiger partial charge in [0.15, 0.2) is 5.78 Å². The highest BCUT2D eigenvalue weighted by atomic mass is 35.5. The predicted molar refractivity (Wildman–Crippen MR) is 98.6 cm³/mol. The van der Waals surface area contributed by atoms with Crippen molar-refractivity contribution < 1.29 is 14.3 Å². The lowest BCUT2D eigenvalue weighted by molar-refractivity contribution is 0.00434. The molecule has 1 aromatic heterocycles. The Hall–Kier alpha value is -2.18. The number of ether oxygens (including phenoxy) is 1. The highest BCUT2D eigenvalue weighted by molar-refractivity contribution is 6.31. The molecule has 0 aliphatic carbocycles. The molecule has 1 saturated heterocycles. The van der Waals surface area contributed by atoms with Gasteiger partial charge in [-0.1, -0.05) is 23.7 Å². The van der Waals surface area contributed by atoms with Crippen LogP contribution in [0.2, 0.25) is 5.02 Å². The van der Waals surface area contributed by atoms with Crippen LogP contribution in [0, 0.1) is 6.92 Å². The Morgan fingerprint density at radius 1 is 1.27 bits per heavy atom. The van der Waals surface area contributed by atoms with E-state index in [1.165, 1.54) is 17.8 Å². The number of hydrogen-bond acceptors (Lipinski definition) is 4. The molecule has 0 unspecified atom stereocenters. The van der Waals surface area contributed by atoms with E-state index in [0.717, 1.165) is 29.0 Å². The monoisotopic (exact) mass is 375 g/mol. The molecule has 0 radical (unpaired) electrons. The fourth-order valence-corrected chi connectivity index (χ4v) is 3.11. The van der Waals surface area contributed by atoms with Crippen LogP contribution in [0.25, 0.3) is 0 Å². The average Bonchev–Trinajstić information content (AvgIpc) is 3.13. The van der Waals surface area contributed by atoms with Crippen molar-refractivity contribution in [3.63, 3.8) is 0 Å². The normalized spacial score (nSPS) is 15.3. The average molecular weight is 376 g/mol. The number of aromatic nitrogens is 2. The molecule has 7 heteroatoms. The van der Waals surface area contributed by atoms with Gasteiger partial charge in [-0.15, -0.1) is 0 Å². The molecule has 0 bridgehead atoms. The second-order valence-electron chi connectivity index (χ2n) is 6.57. The maximum Gasteiger partial charge on any atom is 0.344 e. The van der Waals surface area contributed by atoms with E-state index in [9.17, 15) is 9.59 Å². The van der Waals surface area contributed by atoms with Crippen molar-refractivity contribution in [3.8, 4) is 0 Å². The number of aryl methyl sites for hydroxylation is 1. The molecule has 0 atom stereocenters. The van der Waals surface area contributed by atoms with Gasteiger partial charge in [-0.3, -0.25) is 4.79 Å². The molecule has 6 nitrogen and oxygen atoms in total. The summed E-state index contributed by atoms with van der Waals surface area (Å²) < 4.78 is 7.22. The lowest BCUT2D eigenvalue weighted by atomic mass is 10.1. The number of piperidine rings is 1. The van der Waals surface area contributed by atoms with E-state index in [0.29, 0.717) is 25.4 Å². The highest BCUT2D eigenvalue weighted by Crippen LogP contribution is 2.20. The van der Waals surface area contributed by atoms with Crippen LogP contribution in [0.5, 0.6) is 0 Å². The molecule has 0 spiro atoms. The second kappa shape index (κ2) is 8.01. The highest BCUT2D eigenvalue weighted by Gasteiger charge is 2.25. The summed E-state index contributed by atoms with van der Waals surface area (Å²) in [5.74, 6) is -0.152. The van der Waals surface area contributed by atoms with Crippen molar-refractivity contribution in [2.75, 3.05) is 13.1 Å². The van der Waals surface area contributed by atoms with E-state index < -0.39 is 0 Å². The quantitative estimate of drug-likeness (QED) is 0.764. The third-order valence-corrected chi connectivity index (χ3v) is 4.99. The molecule has 3 rings (SSSR count). The molecule has 0 saturated carbocycles. The summed E-state index contributed by atoms with van der Waals surface area (Å²) in [5.41, 5.74) is 2.44. The van der Waals surface area contributed by atoms with E-state index in [1.807, 2.05) is 25.1 Å². The number of nitrogens with zero attached hydrogens (tertiary/aromatic N) is 3. The van der Waals surface area contributed by atoms with E-state index >= 15 is 0 Å². The van der Waals surface area contributed by atoms with Crippen LogP contribution in [0.15, 0.2) is 30.5 Å². The van der Waals surface area contributed by atoms with Gasteiger partial charge >= 0.3 is 6.03 Å². The van der Waals surface area contributed by atoms with Gasteiger partial charge in [-0.05, 0) is 43.0 Å². The first kappa shape index (κ1) is 18.6. The number of rotatable bonds is 4. The molecule has 1 aliphatic heterocycles. The zero-order chi connectivity index (χ0) is 18.7. The number of Topliss-reactive ketones (excluding diaryl/α,β-unsaturated/α-hetero) is 1. The lowest BCUT2D eigenvalue weighted by Gasteiger charge is -2.31. The summed E-state index contributed by atoms with van der Waals surface area (Å²) in [6.45, 7) is 5.17. The molecule has 138 valence electrons. The zero-order valence-electron chi connectivity index (χ0n) is 14.9. The Morgan fingerprint density at radius 2 is 2.00 bits per heavy atom. The Bertz CT molecular complexity index is 810. The van der Waals surface area contributed by atoms with Crippen LogP contribution >= 0.6 is 11.6 Å². The van der Waals surface area contributed by atoms with Gasteiger partial charge in [0.05, 0.1) is 12.7 Å². The van der Waals surface area contributed by atoms with E-state index in [2.05, 4.69) is 5.10 Å². The third-order valence-electron chi connectivity index (χ3n) is 4.57. The molecule has 1 amide bonds. The van der Waals surface area contributed by atoms with Crippen molar-refractivity contribution in [3.05, 3.63) is 52.3 Å². The maximum atomic E-state index is 12.5. The summed E-state index contributed by atoms with van der Waals surface area (Å²) in [4.78, 5) is 25.5. The van der Waals surface area contributed by atoms with Gasteiger partial charge < -0.3 is 9.64 Å². The van der Waals surface area contributed by atoms with Gasteiger partial charge in [-0.25, -0.2) is 4.79 Å². The van der Waals surface area contributed by atoms with Crippen molar-refractivity contribution in [2.45, 2.75) is 39.4 Å². The molecule has 2 aromatic rings. The number of carbonyl (C=O) groups excluding carboxylic acids is 2. The predicted octanol–water partition coefficient (Wildman–Crippen LogP) is 3.70. The van der Waals surface area contributed by atoms with E-state index in [4.69, 9.17) is 16.3 Å². The Balaban J connectivity index is 1.49. The Morgan fingerprint density at radius 3 is 2.62 bits per heavy atom. The summed E-state index contributed by atoms with van der Waals surface area (Å²) in [5, 5.41) is 4.79. The molecule has 1 fully saturated rings. The maximum absolute atomic E-state index is 12.5. The molecule has 1 aromatic carbocycles. The van der Waals surface area contributed by atoms with Crippen LogP contribution in [-0.4, -0.2) is 45.7 Å². The number of carbonyl (C=O) groups is 2. The van der Waals surface area contributed by atoms with E-state index in [1.54, 1.807) is 11.0 Å². The van der Waals surface area contributed by atoms with Crippen molar-refractivity contribution >= 4 is 23.4 Å². The number of halogens is 1. The molecule has 1 aliphatic rings. The molecule has 0 N–H and O–H groups in total.